The van der Waals surface area contributed by atoms with Crippen LogP contribution in [0.5, 0.6) is 0 Å². The first-order valence-corrected chi connectivity index (χ1v) is 24.8. The fourth-order valence-corrected chi connectivity index (χ4v) is 26.8. The number of hydrogen-bond donors (Lipinski definition) is 0. The smallest absolute Gasteiger partial charge is 0.147 e. The third-order valence-electron chi connectivity index (χ3n) is 9.92. The van der Waals surface area contributed by atoms with Gasteiger partial charge in [-0.25, -0.2) is 0 Å². The first kappa shape index (κ1) is 34.6. The van der Waals surface area contributed by atoms with Gasteiger partial charge < -0.3 is 0 Å². The summed E-state index contributed by atoms with van der Waals surface area (Å²) in [5.74, 6) is 2.05. The van der Waals surface area contributed by atoms with Gasteiger partial charge in [-0.2, -0.15) is 0 Å². The van der Waals surface area contributed by atoms with Gasteiger partial charge in [0.2, 0.25) is 0 Å². The Morgan fingerprint density at radius 1 is 0.652 bits per heavy atom. The molecule has 0 saturated heterocycles. The molecule has 0 bridgehead atoms. The van der Waals surface area contributed by atoms with Crippen molar-refractivity contribution in [3.8, 4) is 22.3 Å². The summed E-state index contributed by atoms with van der Waals surface area (Å²) in [6, 6.07) is 31.5. The summed E-state index contributed by atoms with van der Waals surface area (Å²) >= 11 is -2.34. The van der Waals surface area contributed by atoms with Crippen LogP contribution in [0.2, 0.25) is 13.1 Å². The molecule has 5 aromatic rings. The minimum Gasteiger partial charge on any atom is -0.147 e. The molecule has 1 aromatic heterocycles. The molecule has 7 rings (SSSR count). The van der Waals surface area contributed by atoms with Crippen molar-refractivity contribution in [2.75, 3.05) is 0 Å². The standard InChI is InChI=1S/C22H19O.C17H15.C2H6Si.2ClH.Zr/c1-14-11-18-12-19(21-10-9-15(2)23-21)13-20(18)22(16(14)3)17-7-5-4-6-8-17;1-12-11-15-9-6-10-16(15)17(13(12)2)14-7-4-3-5-8-14;1-3-2;;;/h4-13H,1-3H3;3-11H,1-2H3;1-2H3;2*1H;. The molecule has 2 aliphatic carbocycles. The van der Waals surface area contributed by atoms with Crippen molar-refractivity contribution < 1.29 is 24.8 Å². The number of rotatable bonds is 5. The van der Waals surface area contributed by atoms with E-state index in [9.17, 15) is 0 Å². The van der Waals surface area contributed by atoms with Gasteiger partial charge in [0, 0.05) is 0 Å². The fraction of sp³-hybridized carbons (Fsp3) is 0.220. The maximum Gasteiger partial charge on any atom is -0.147 e. The maximum atomic E-state index is 6.47. The second-order valence-electron chi connectivity index (χ2n) is 12.9. The second kappa shape index (κ2) is 13.8. The number of allylic oxidation sites excluding steroid dienone is 2. The van der Waals surface area contributed by atoms with Crippen molar-refractivity contribution in [1.29, 1.82) is 0 Å². The van der Waals surface area contributed by atoms with Crippen molar-refractivity contribution in [2.24, 2.45) is 0 Å². The topological polar surface area (TPSA) is 13.1 Å². The molecule has 0 fully saturated rings. The van der Waals surface area contributed by atoms with Crippen molar-refractivity contribution in [1.82, 2.24) is 0 Å². The number of benzene rings is 4. The number of furan rings is 1. The minimum absolute atomic E-state index is 0. The molecule has 0 radical (unpaired) electrons. The van der Waals surface area contributed by atoms with Crippen LogP contribution in [0.4, 0.5) is 0 Å². The van der Waals surface area contributed by atoms with Crippen LogP contribution < -0.4 is 0 Å². The van der Waals surface area contributed by atoms with Crippen LogP contribution in [0.1, 0.15) is 63.3 Å². The Balaban J connectivity index is 0.00000208. The Hall–Kier alpha value is -2.68. The van der Waals surface area contributed by atoms with Crippen LogP contribution in [0, 0.1) is 34.6 Å². The van der Waals surface area contributed by atoms with E-state index in [1.807, 2.05) is 0 Å². The van der Waals surface area contributed by atoms with Gasteiger partial charge in [0.25, 0.3) is 0 Å². The Bertz CT molecular complexity index is 2030. The van der Waals surface area contributed by atoms with Crippen LogP contribution in [0.15, 0.2) is 95.4 Å². The van der Waals surface area contributed by atoms with E-state index in [1.165, 1.54) is 61.2 Å². The number of hydrogen-bond acceptors (Lipinski definition) is 1. The average molecular weight is 741 g/mol. The zero-order chi connectivity index (χ0) is 30.7. The normalized spacial score (nSPS) is 15.8. The molecule has 2 unspecified atom stereocenters. The van der Waals surface area contributed by atoms with E-state index in [4.69, 9.17) is 4.42 Å². The predicted molar refractivity (Wildman–Crippen MR) is 201 cm³/mol. The molecular formula is C41H42Cl2OSiZr. The molecule has 0 aliphatic heterocycles. The van der Waals surface area contributed by atoms with Gasteiger partial charge in [0.05, 0.1) is 0 Å². The van der Waals surface area contributed by atoms with Gasteiger partial charge in [0.15, 0.2) is 0 Å². The van der Waals surface area contributed by atoms with E-state index >= 15 is 0 Å². The van der Waals surface area contributed by atoms with Crippen molar-refractivity contribution in [3.05, 3.63) is 147 Å². The second-order valence-corrected chi connectivity index (χ2v) is 30.8. The summed E-state index contributed by atoms with van der Waals surface area (Å²) in [5, 5.41) is 0. The molecule has 2 atom stereocenters. The van der Waals surface area contributed by atoms with Gasteiger partial charge >= 0.3 is 272 Å². The minimum atomic E-state index is -2.34. The summed E-state index contributed by atoms with van der Waals surface area (Å²) in [6.45, 7) is 16.5. The Labute approximate surface area is 294 Å². The zero-order valence-electron chi connectivity index (χ0n) is 27.7. The SMILES string of the molecule is Cc1ccc(C2=Cc3c(cc(C)c(C)c3-c3ccccc3)[CH]2[Zr]([CH]2C=Cc3c2cc(C)c(C)c3-c2ccccc2)=[Si](C)C)o1.Cl.Cl. The molecular weight excluding hydrogens is 699 g/mol. The van der Waals surface area contributed by atoms with E-state index in [1.54, 1.807) is 11.1 Å². The number of fused-ring (bicyclic) bond motifs is 2. The molecule has 1 nitrogen and oxygen atoms in total. The van der Waals surface area contributed by atoms with E-state index in [2.05, 4.69) is 151 Å². The fourth-order valence-electron chi connectivity index (χ4n) is 7.60. The molecule has 0 spiro atoms. The average Bonchev–Trinajstić information content (AvgIpc) is 3.73. The predicted octanol–water partition coefficient (Wildman–Crippen LogP) is 12.2. The Morgan fingerprint density at radius 2 is 1.20 bits per heavy atom. The Kier molecular flexibility index (Phi) is 10.4. The van der Waals surface area contributed by atoms with Crippen LogP contribution in [-0.2, 0) is 20.4 Å². The van der Waals surface area contributed by atoms with Gasteiger partial charge in [0.1, 0.15) is 0 Å². The molecule has 2 aliphatic rings. The van der Waals surface area contributed by atoms with E-state index in [-0.39, 0.29) is 24.8 Å². The zero-order valence-corrected chi connectivity index (χ0v) is 32.8. The van der Waals surface area contributed by atoms with Crippen LogP contribution in [0.25, 0.3) is 40.0 Å². The number of halogens is 2. The molecule has 0 amide bonds. The summed E-state index contributed by atoms with van der Waals surface area (Å²) in [6.07, 6.45) is 7.62. The molecule has 234 valence electrons. The third-order valence-corrected chi connectivity index (χ3v) is 29.1. The summed E-state index contributed by atoms with van der Waals surface area (Å²) in [5.41, 5.74) is 17.9. The number of aryl methyl sites for hydroxylation is 3. The van der Waals surface area contributed by atoms with Crippen molar-refractivity contribution >= 4 is 48.0 Å². The van der Waals surface area contributed by atoms with E-state index in [0.29, 0.717) is 7.25 Å². The molecule has 4 aromatic carbocycles. The summed E-state index contributed by atoms with van der Waals surface area (Å²) in [7, 11) is 0. The van der Waals surface area contributed by atoms with Crippen molar-refractivity contribution in [2.45, 2.75) is 55.0 Å². The molecule has 1 heterocycles. The Morgan fingerprint density at radius 3 is 1.72 bits per heavy atom. The largest absolute Gasteiger partial charge is 0.147 e. The van der Waals surface area contributed by atoms with Crippen LogP contribution in [-0.4, -0.2) is 5.43 Å². The van der Waals surface area contributed by atoms with Crippen LogP contribution in [0.3, 0.4) is 0 Å². The summed E-state index contributed by atoms with van der Waals surface area (Å²) in [4.78, 5) is 0. The summed E-state index contributed by atoms with van der Waals surface area (Å²) < 4.78 is 7.45. The van der Waals surface area contributed by atoms with Crippen molar-refractivity contribution in [3.63, 3.8) is 0 Å². The van der Waals surface area contributed by atoms with Gasteiger partial charge in [-0.3, -0.25) is 0 Å². The monoisotopic (exact) mass is 738 g/mol. The molecule has 5 heteroatoms. The molecule has 0 N–H and O–H groups in total. The van der Waals surface area contributed by atoms with E-state index in [0.717, 1.165) is 11.5 Å². The molecule has 46 heavy (non-hydrogen) atoms. The third kappa shape index (κ3) is 5.83. The first-order valence-electron chi connectivity index (χ1n) is 15.8. The van der Waals surface area contributed by atoms with Gasteiger partial charge in [-0.05, 0) is 0 Å². The molecule has 0 saturated carbocycles. The first-order chi connectivity index (χ1) is 21.2. The van der Waals surface area contributed by atoms with Crippen LogP contribution >= 0.6 is 24.8 Å². The van der Waals surface area contributed by atoms with E-state index < -0.39 is 25.8 Å². The maximum absolute atomic E-state index is 6.47. The van der Waals surface area contributed by atoms with Gasteiger partial charge in [-0.1, -0.05) is 0 Å². The quantitative estimate of drug-likeness (QED) is 0.164. The van der Waals surface area contributed by atoms with Gasteiger partial charge in [-0.15, -0.1) is 24.8 Å².